The van der Waals surface area contributed by atoms with Crippen molar-refractivity contribution in [1.82, 2.24) is 9.88 Å². The van der Waals surface area contributed by atoms with Crippen LogP contribution in [0, 0.1) is 5.92 Å². The Kier molecular flexibility index (Phi) is 7.30. The molecule has 1 atom stereocenters. The van der Waals surface area contributed by atoms with Crippen molar-refractivity contribution in [3.8, 4) is 0 Å². The Hall–Kier alpha value is -3.02. The fourth-order valence-electron chi connectivity index (χ4n) is 4.72. The Morgan fingerprint density at radius 3 is 2.53 bits per heavy atom. The molecule has 1 aliphatic heterocycles. The average molecular weight is 435 g/mol. The van der Waals surface area contributed by atoms with Crippen molar-refractivity contribution in [1.29, 1.82) is 0 Å². The van der Waals surface area contributed by atoms with Crippen molar-refractivity contribution >= 4 is 17.7 Å². The minimum Gasteiger partial charge on any atom is -0.464 e. The van der Waals surface area contributed by atoms with E-state index in [1.54, 1.807) is 12.4 Å². The molecule has 1 aromatic heterocycles. The first-order valence-electron chi connectivity index (χ1n) is 11.6. The molecule has 6 heteroatoms. The van der Waals surface area contributed by atoms with Gasteiger partial charge >= 0.3 is 5.97 Å². The molecule has 168 valence electrons. The summed E-state index contributed by atoms with van der Waals surface area (Å²) in [6.07, 6.45) is 9.94. The van der Waals surface area contributed by atoms with Gasteiger partial charge < -0.3 is 9.64 Å². The van der Waals surface area contributed by atoms with Crippen molar-refractivity contribution in [2.75, 3.05) is 6.61 Å². The van der Waals surface area contributed by atoms with E-state index in [1.165, 1.54) is 4.90 Å². The van der Waals surface area contributed by atoms with Crippen LogP contribution in [0.25, 0.3) is 0 Å². The van der Waals surface area contributed by atoms with E-state index in [-0.39, 0.29) is 24.9 Å². The SMILES string of the molecule is O=C(C(=O)N1Cc2ccccc2C[C@H]1C(=O)OCCCc1cccnc1)C1CCCCC1. The van der Waals surface area contributed by atoms with Gasteiger partial charge in [0.1, 0.15) is 6.04 Å². The number of rotatable bonds is 7. The highest BCUT2D eigenvalue weighted by Gasteiger charge is 2.40. The number of benzene rings is 1. The highest BCUT2D eigenvalue weighted by molar-refractivity contribution is 6.37. The lowest BCUT2D eigenvalue weighted by atomic mass is 9.85. The smallest absolute Gasteiger partial charge is 0.329 e. The molecule has 32 heavy (non-hydrogen) atoms. The number of fused-ring (bicyclic) bond motifs is 1. The fourth-order valence-corrected chi connectivity index (χ4v) is 4.72. The molecule has 1 amide bonds. The zero-order valence-electron chi connectivity index (χ0n) is 18.4. The molecule has 1 aromatic carbocycles. The van der Waals surface area contributed by atoms with Gasteiger partial charge in [0.25, 0.3) is 5.91 Å². The third-order valence-corrected chi connectivity index (χ3v) is 6.55. The molecule has 1 fully saturated rings. The molecule has 4 rings (SSSR count). The van der Waals surface area contributed by atoms with Crippen molar-refractivity contribution in [3.63, 3.8) is 0 Å². The monoisotopic (exact) mass is 434 g/mol. The first-order chi connectivity index (χ1) is 15.6. The van der Waals surface area contributed by atoms with E-state index in [1.807, 2.05) is 36.4 Å². The van der Waals surface area contributed by atoms with Crippen LogP contribution in [-0.2, 0) is 38.5 Å². The summed E-state index contributed by atoms with van der Waals surface area (Å²) in [6.45, 7) is 0.535. The van der Waals surface area contributed by atoms with Crippen LogP contribution in [0.1, 0.15) is 55.2 Å². The number of ketones is 1. The molecule has 0 spiro atoms. The van der Waals surface area contributed by atoms with E-state index >= 15 is 0 Å². The fraction of sp³-hybridized carbons (Fsp3) is 0.462. The minimum atomic E-state index is -0.761. The number of hydrogen-bond donors (Lipinski definition) is 0. The number of Topliss-reactive ketones (excluding diaryl/α,β-unsaturated/α-hetero) is 1. The summed E-state index contributed by atoms with van der Waals surface area (Å²) in [4.78, 5) is 44.7. The standard InChI is InChI=1S/C26H30N2O4/c29-24(20-10-2-1-3-11-20)25(30)28-18-22-13-5-4-12-21(22)16-23(28)26(31)32-15-7-9-19-8-6-14-27-17-19/h4-6,8,12-14,17,20,23H,1-3,7,9-11,15-16,18H2/t23-/m0/s1. The van der Waals surface area contributed by atoms with Gasteiger partial charge in [0.05, 0.1) is 6.61 Å². The molecular weight excluding hydrogens is 404 g/mol. The molecule has 0 bridgehead atoms. The number of nitrogens with zero attached hydrogens (tertiary/aromatic N) is 2. The molecule has 0 saturated heterocycles. The van der Waals surface area contributed by atoms with Gasteiger partial charge in [-0.2, -0.15) is 0 Å². The van der Waals surface area contributed by atoms with Gasteiger partial charge in [0.2, 0.25) is 5.78 Å². The normalized spacial score (nSPS) is 18.6. The summed E-state index contributed by atoms with van der Waals surface area (Å²) >= 11 is 0. The molecule has 0 unspecified atom stereocenters. The van der Waals surface area contributed by atoms with Gasteiger partial charge in [0.15, 0.2) is 0 Å². The number of aryl methyl sites for hydroxylation is 1. The van der Waals surface area contributed by atoms with Crippen molar-refractivity contribution < 1.29 is 19.1 Å². The van der Waals surface area contributed by atoms with E-state index in [0.29, 0.717) is 12.8 Å². The van der Waals surface area contributed by atoms with Crippen LogP contribution in [0.15, 0.2) is 48.8 Å². The van der Waals surface area contributed by atoms with Crippen LogP contribution in [-0.4, -0.2) is 40.2 Å². The summed E-state index contributed by atoms with van der Waals surface area (Å²) in [5.74, 6) is -1.54. The van der Waals surface area contributed by atoms with Gasteiger partial charge in [0, 0.05) is 31.3 Å². The van der Waals surface area contributed by atoms with Crippen molar-refractivity contribution in [2.24, 2.45) is 5.92 Å². The summed E-state index contributed by atoms with van der Waals surface area (Å²) < 4.78 is 5.56. The van der Waals surface area contributed by atoms with Gasteiger partial charge in [-0.1, -0.05) is 49.6 Å². The van der Waals surface area contributed by atoms with Crippen LogP contribution in [0.5, 0.6) is 0 Å². The van der Waals surface area contributed by atoms with E-state index in [9.17, 15) is 14.4 Å². The summed E-state index contributed by atoms with van der Waals surface area (Å²) in [5, 5.41) is 0. The van der Waals surface area contributed by atoms with Gasteiger partial charge in [-0.25, -0.2) is 4.79 Å². The molecule has 2 aliphatic rings. The predicted octanol–water partition coefficient (Wildman–Crippen LogP) is 3.66. The van der Waals surface area contributed by atoms with Crippen LogP contribution >= 0.6 is 0 Å². The quantitative estimate of drug-likeness (QED) is 0.378. The Balaban J connectivity index is 1.42. The summed E-state index contributed by atoms with van der Waals surface area (Å²) in [5.41, 5.74) is 3.10. The van der Waals surface area contributed by atoms with Crippen molar-refractivity contribution in [3.05, 3.63) is 65.5 Å². The van der Waals surface area contributed by atoms with Crippen molar-refractivity contribution in [2.45, 2.75) is 64.0 Å². The minimum absolute atomic E-state index is 0.218. The van der Waals surface area contributed by atoms with E-state index in [0.717, 1.165) is 55.2 Å². The second-order valence-electron chi connectivity index (χ2n) is 8.75. The van der Waals surface area contributed by atoms with E-state index in [4.69, 9.17) is 4.74 Å². The second kappa shape index (κ2) is 10.5. The topological polar surface area (TPSA) is 76.6 Å². The lowest BCUT2D eigenvalue weighted by Crippen LogP contribution is -2.52. The van der Waals surface area contributed by atoms with Crippen LogP contribution in [0.3, 0.4) is 0 Å². The van der Waals surface area contributed by atoms with Gasteiger partial charge in [-0.05, 0) is 48.4 Å². The van der Waals surface area contributed by atoms with Crippen LogP contribution in [0.4, 0.5) is 0 Å². The van der Waals surface area contributed by atoms with Crippen LogP contribution in [0.2, 0.25) is 0 Å². The maximum Gasteiger partial charge on any atom is 0.329 e. The van der Waals surface area contributed by atoms with Gasteiger partial charge in [-0.15, -0.1) is 0 Å². The Morgan fingerprint density at radius 1 is 1.00 bits per heavy atom. The number of hydrogen-bond acceptors (Lipinski definition) is 5. The number of esters is 1. The highest BCUT2D eigenvalue weighted by Crippen LogP contribution is 2.28. The molecule has 0 radical (unpaired) electrons. The largest absolute Gasteiger partial charge is 0.464 e. The summed E-state index contributed by atoms with van der Waals surface area (Å²) in [6, 6.07) is 10.9. The third kappa shape index (κ3) is 5.23. The Bertz CT molecular complexity index is 953. The first kappa shape index (κ1) is 22.2. The average Bonchev–Trinajstić information content (AvgIpc) is 2.86. The molecule has 2 aromatic rings. The van der Waals surface area contributed by atoms with E-state index < -0.39 is 17.9 Å². The maximum atomic E-state index is 13.2. The predicted molar refractivity (Wildman–Crippen MR) is 120 cm³/mol. The number of amides is 1. The number of ether oxygens (including phenoxy) is 1. The first-order valence-corrected chi connectivity index (χ1v) is 11.6. The Labute approximate surface area is 189 Å². The van der Waals surface area contributed by atoms with Gasteiger partial charge in [-0.3, -0.25) is 14.6 Å². The molecule has 0 N–H and O–H groups in total. The lowest BCUT2D eigenvalue weighted by molar-refractivity contribution is -0.159. The number of pyridine rings is 1. The summed E-state index contributed by atoms with van der Waals surface area (Å²) in [7, 11) is 0. The number of aromatic nitrogens is 1. The Morgan fingerprint density at radius 2 is 1.78 bits per heavy atom. The second-order valence-corrected chi connectivity index (χ2v) is 8.75. The van der Waals surface area contributed by atoms with Crippen LogP contribution < -0.4 is 0 Å². The lowest BCUT2D eigenvalue weighted by Gasteiger charge is -2.36. The molecule has 1 aliphatic carbocycles. The molecule has 2 heterocycles. The molecule has 6 nitrogen and oxygen atoms in total. The zero-order chi connectivity index (χ0) is 22.3. The number of carbonyl (C=O) groups is 3. The highest BCUT2D eigenvalue weighted by atomic mass is 16.5. The molecule has 1 saturated carbocycles. The maximum absolute atomic E-state index is 13.2. The van der Waals surface area contributed by atoms with E-state index in [2.05, 4.69) is 4.98 Å². The zero-order valence-corrected chi connectivity index (χ0v) is 18.4. The molecular formula is C26H30N2O4. The number of carbonyl (C=O) groups excluding carboxylic acids is 3. The third-order valence-electron chi connectivity index (χ3n) is 6.55.